The van der Waals surface area contributed by atoms with Crippen LogP contribution in [0, 0.1) is 17.3 Å². The van der Waals surface area contributed by atoms with Gasteiger partial charge in [-0.25, -0.2) is 0 Å². The van der Waals surface area contributed by atoms with Gasteiger partial charge in [-0.2, -0.15) is 0 Å². The highest BCUT2D eigenvalue weighted by Crippen LogP contribution is 2.63. The van der Waals surface area contributed by atoms with Crippen LogP contribution >= 0.6 is 0 Å². The molecule has 0 radical (unpaired) electrons. The lowest BCUT2D eigenvalue weighted by atomic mass is 9.63. The predicted molar refractivity (Wildman–Crippen MR) is 75.1 cm³/mol. The van der Waals surface area contributed by atoms with Crippen molar-refractivity contribution in [2.45, 2.75) is 32.1 Å². The molecule has 0 amide bonds. The number of fused-ring (bicyclic) bond motifs is 1. The van der Waals surface area contributed by atoms with Crippen molar-refractivity contribution in [3.63, 3.8) is 0 Å². The van der Waals surface area contributed by atoms with Crippen molar-refractivity contribution in [2.75, 3.05) is 7.11 Å². The van der Waals surface area contributed by atoms with Crippen molar-refractivity contribution in [2.24, 2.45) is 17.3 Å². The number of Topliss-reactive ketones (excluding diaryl/α,β-unsaturated/α-hetero) is 1. The van der Waals surface area contributed by atoms with E-state index >= 15 is 0 Å². The van der Waals surface area contributed by atoms with Gasteiger partial charge in [-0.05, 0) is 37.2 Å². The Morgan fingerprint density at radius 1 is 1.25 bits per heavy atom. The highest BCUT2D eigenvalue weighted by molar-refractivity contribution is 5.92. The molecular formula is C17H20O3. The molecule has 2 bridgehead atoms. The van der Waals surface area contributed by atoms with E-state index in [9.17, 15) is 9.59 Å². The van der Waals surface area contributed by atoms with E-state index in [1.165, 1.54) is 12.7 Å². The number of rotatable bonds is 5. The fourth-order valence-corrected chi connectivity index (χ4v) is 4.02. The molecule has 0 heterocycles. The summed E-state index contributed by atoms with van der Waals surface area (Å²) in [6.45, 7) is 0. The molecule has 0 aliphatic heterocycles. The van der Waals surface area contributed by atoms with Crippen molar-refractivity contribution in [3.05, 3.63) is 35.9 Å². The van der Waals surface area contributed by atoms with Crippen LogP contribution in [0.4, 0.5) is 0 Å². The van der Waals surface area contributed by atoms with Gasteiger partial charge < -0.3 is 4.74 Å². The Labute approximate surface area is 119 Å². The molecule has 106 valence electrons. The van der Waals surface area contributed by atoms with Crippen molar-refractivity contribution in [1.29, 1.82) is 0 Å². The number of carbonyl (C=O) groups excluding carboxylic acids is 2. The first-order chi connectivity index (χ1) is 9.65. The monoisotopic (exact) mass is 272 g/mol. The molecule has 3 saturated carbocycles. The average molecular weight is 272 g/mol. The van der Waals surface area contributed by atoms with Gasteiger partial charge in [0.1, 0.15) is 5.78 Å². The molecule has 0 spiro atoms. The molecule has 0 N–H and O–H groups in total. The van der Waals surface area contributed by atoms with E-state index in [-0.39, 0.29) is 17.7 Å². The third-order valence-electron chi connectivity index (χ3n) is 5.07. The summed E-state index contributed by atoms with van der Waals surface area (Å²) in [5.74, 6) is 0.420. The van der Waals surface area contributed by atoms with Crippen molar-refractivity contribution in [3.8, 4) is 0 Å². The fraction of sp³-hybridized carbons (Fsp3) is 0.529. The second-order valence-electron chi connectivity index (χ2n) is 6.15. The van der Waals surface area contributed by atoms with Crippen LogP contribution in [0.25, 0.3) is 0 Å². The van der Waals surface area contributed by atoms with Crippen LogP contribution in [0.1, 0.15) is 31.2 Å². The lowest BCUT2D eigenvalue weighted by molar-refractivity contribution is -0.154. The Morgan fingerprint density at radius 2 is 1.95 bits per heavy atom. The summed E-state index contributed by atoms with van der Waals surface area (Å²) in [5.41, 5.74) is 0.785. The van der Waals surface area contributed by atoms with Gasteiger partial charge in [0.25, 0.3) is 0 Å². The summed E-state index contributed by atoms with van der Waals surface area (Å²) in [6, 6.07) is 10.0. The van der Waals surface area contributed by atoms with E-state index in [1.807, 2.05) is 30.3 Å². The minimum absolute atomic E-state index is 0.194. The van der Waals surface area contributed by atoms with Crippen molar-refractivity contribution < 1.29 is 14.3 Å². The third kappa shape index (κ3) is 2.05. The number of benzene rings is 1. The molecule has 1 aromatic carbocycles. The maximum atomic E-state index is 12.6. The quantitative estimate of drug-likeness (QED) is 0.774. The second kappa shape index (κ2) is 5.04. The zero-order valence-corrected chi connectivity index (χ0v) is 11.8. The Hall–Kier alpha value is -1.64. The van der Waals surface area contributed by atoms with E-state index in [1.54, 1.807) is 0 Å². The number of ether oxygens (including phenoxy) is 1. The Bertz CT molecular complexity index is 514. The minimum atomic E-state index is -0.396. The Balaban J connectivity index is 1.66. The molecule has 0 saturated heterocycles. The van der Waals surface area contributed by atoms with Gasteiger partial charge in [0, 0.05) is 11.8 Å². The van der Waals surface area contributed by atoms with Crippen LogP contribution in [-0.4, -0.2) is 18.9 Å². The summed E-state index contributed by atoms with van der Waals surface area (Å²) < 4.78 is 4.88. The highest BCUT2D eigenvalue weighted by atomic mass is 16.5. The van der Waals surface area contributed by atoms with Gasteiger partial charge in [0.2, 0.25) is 0 Å². The standard InChI is InChI=1S/C17H20O3/c1-20-16(19)14-9-13-10-17(14,11-13)15(18)8-7-12-5-3-2-4-6-12/h2-6,13-14H,7-11H2,1H3. The molecule has 0 aromatic heterocycles. The lowest BCUT2D eigenvalue weighted by Gasteiger charge is -2.39. The largest absolute Gasteiger partial charge is 0.469 e. The zero-order chi connectivity index (χ0) is 14.2. The van der Waals surface area contributed by atoms with Gasteiger partial charge in [0.05, 0.1) is 13.0 Å². The molecule has 1 aromatic rings. The maximum Gasteiger partial charge on any atom is 0.309 e. The van der Waals surface area contributed by atoms with Gasteiger partial charge in [-0.1, -0.05) is 30.3 Å². The smallest absolute Gasteiger partial charge is 0.309 e. The first-order valence-corrected chi connectivity index (χ1v) is 7.31. The number of ketones is 1. The summed E-state index contributed by atoms with van der Waals surface area (Å²) in [7, 11) is 1.42. The van der Waals surface area contributed by atoms with Crippen LogP contribution in [0.15, 0.2) is 30.3 Å². The number of hydrogen-bond donors (Lipinski definition) is 0. The summed E-state index contributed by atoms with van der Waals surface area (Å²) in [4.78, 5) is 24.5. The van der Waals surface area contributed by atoms with E-state index < -0.39 is 5.41 Å². The maximum absolute atomic E-state index is 12.6. The van der Waals surface area contributed by atoms with Gasteiger partial charge in [0.15, 0.2) is 0 Å². The van der Waals surface area contributed by atoms with Crippen LogP contribution in [-0.2, 0) is 20.7 Å². The number of methoxy groups -OCH3 is 1. The zero-order valence-electron chi connectivity index (χ0n) is 11.8. The lowest BCUT2D eigenvalue weighted by Crippen LogP contribution is -2.43. The highest BCUT2D eigenvalue weighted by Gasteiger charge is 2.63. The van der Waals surface area contributed by atoms with E-state index in [4.69, 9.17) is 4.74 Å². The van der Waals surface area contributed by atoms with E-state index in [2.05, 4.69) is 0 Å². The van der Waals surface area contributed by atoms with E-state index in [0.717, 1.165) is 25.7 Å². The number of hydrogen-bond acceptors (Lipinski definition) is 3. The topological polar surface area (TPSA) is 43.4 Å². The molecule has 20 heavy (non-hydrogen) atoms. The molecule has 3 aliphatic rings. The molecule has 3 heteroatoms. The predicted octanol–water partition coefficient (Wildman–Crippen LogP) is 2.78. The Morgan fingerprint density at radius 3 is 2.60 bits per heavy atom. The first kappa shape index (κ1) is 13.3. The number of esters is 1. The molecule has 3 aliphatic carbocycles. The summed E-state index contributed by atoms with van der Waals surface area (Å²) >= 11 is 0. The Kier molecular flexibility index (Phi) is 3.36. The SMILES string of the molecule is COC(=O)C1CC2CC1(C(=O)CCc1ccccc1)C2. The van der Waals surface area contributed by atoms with Crippen LogP contribution in [0.3, 0.4) is 0 Å². The first-order valence-electron chi connectivity index (χ1n) is 7.31. The van der Waals surface area contributed by atoms with Crippen molar-refractivity contribution in [1.82, 2.24) is 0 Å². The summed E-state index contributed by atoms with van der Waals surface area (Å²) in [5, 5.41) is 0. The van der Waals surface area contributed by atoms with Gasteiger partial charge in [-0.15, -0.1) is 0 Å². The molecule has 3 fully saturated rings. The molecule has 3 nitrogen and oxygen atoms in total. The van der Waals surface area contributed by atoms with Crippen LogP contribution in [0.5, 0.6) is 0 Å². The molecule has 1 atom stereocenters. The van der Waals surface area contributed by atoms with Crippen LogP contribution < -0.4 is 0 Å². The number of carbonyl (C=O) groups is 2. The molecule has 4 rings (SSSR count). The van der Waals surface area contributed by atoms with Gasteiger partial charge in [-0.3, -0.25) is 9.59 Å². The van der Waals surface area contributed by atoms with E-state index in [0.29, 0.717) is 12.3 Å². The number of aryl methyl sites for hydroxylation is 1. The van der Waals surface area contributed by atoms with Gasteiger partial charge >= 0.3 is 5.97 Å². The normalized spacial score (nSPS) is 30.6. The van der Waals surface area contributed by atoms with Crippen LogP contribution in [0.2, 0.25) is 0 Å². The fourth-order valence-electron chi connectivity index (χ4n) is 4.02. The minimum Gasteiger partial charge on any atom is -0.469 e. The summed E-state index contributed by atoms with van der Waals surface area (Å²) in [6.07, 6.45) is 3.91. The molecular weight excluding hydrogens is 252 g/mol. The molecule has 1 unspecified atom stereocenters. The third-order valence-corrected chi connectivity index (χ3v) is 5.07. The van der Waals surface area contributed by atoms with Crippen molar-refractivity contribution >= 4 is 11.8 Å². The average Bonchev–Trinajstić information content (AvgIpc) is 3.01. The second-order valence-corrected chi connectivity index (χ2v) is 6.15.